The lowest BCUT2D eigenvalue weighted by atomic mass is 9.67. The highest BCUT2D eigenvalue weighted by atomic mass is 15.1. The molecule has 0 radical (unpaired) electrons. The summed E-state index contributed by atoms with van der Waals surface area (Å²) in [5.74, 6) is 0. The number of fused-ring (bicyclic) bond motifs is 8. The van der Waals surface area contributed by atoms with E-state index < -0.39 is 0 Å². The number of aromatic nitrogens is 2. The van der Waals surface area contributed by atoms with E-state index in [1.54, 1.807) is 0 Å². The zero-order valence-electron chi connectivity index (χ0n) is 20.2. The first-order valence-electron chi connectivity index (χ1n) is 12.2. The molecule has 0 saturated carbocycles. The van der Waals surface area contributed by atoms with E-state index in [2.05, 4.69) is 98.1 Å². The number of benzene rings is 2. The van der Waals surface area contributed by atoms with Crippen LogP contribution in [0, 0.1) is 0 Å². The Morgan fingerprint density at radius 3 is 1.55 bits per heavy atom. The summed E-state index contributed by atoms with van der Waals surface area (Å²) in [5.41, 5.74) is 14.3. The van der Waals surface area contributed by atoms with Gasteiger partial charge in [-0.3, -0.25) is 0 Å². The number of aromatic amines is 2. The molecule has 0 fully saturated rings. The third-order valence-corrected chi connectivity index (χ3v) is 8.45. The lowest BCUT2D eigenvalue weighted by Gasteiger charge is -2.46. The average Bonchev–Trinajstić information content (AvgIpc) is 3.36. The van der Waals surface area contributed by atoms with Gasteiger partial charge < -0.3 is 14.9 Å². The van der Waals surface area contributed by atoms with E-state index in [0.29, 0.717) is 0 Å². The molecular formula is C30H31N3. The number of hydrogen-bond donors (Lipinski definition) is 2. The molecule has 166 valence electrons. The highest BCUT2D eigenvalue weighted by Crippen LogP contribution is 2.56. The van der Waals surface area contributed by atoms with E-state index in [4.69, 9.17) is 0 Å². The van der Waals surface area contributed by atoms with E-state index in [9.17, 15) is 0 Å². The van der Waals surface area contributed by atoms with Crippen LogP contribution >= 0.6 is 0 Å². The molecule has 2 aromatic carbocycles. The third kappa shape index (κ3) is 2.40. The molecule has 0 atom stereocenters. The lowest BCUT2D eigenvalue weighted by Crippen LogP contribution is -2.37. The van der Waals surface area contributed by atoms with Gasteiger partial charge in [-0.2, -0.15) is 0 Å². The summed E-state index contributed by atoms with van der Waals surface area (Å²) < 4.78 is 0. The van der Waals surface area contributed by atoms with Crippen LogP contribution in [0.2, 0.25) is 0 Å². The number of rotatable bonds is 0. The summed E-state index contributed by atoms with van der Waals surface area (Å²) in [7, 11) is 2.30. The van der Waals surface area contributed by atoms with E-state index >= 15 is 0 Å². The fourth-order valence-corrected chi connectivity index (χ4v) is 7.02. The molecule has 0 amide bonds. The van der Waals surface area contributed by atoms with E-state index in [-0.39, 0.29) is 10.8 Å². The van der Waals surface area contributed by atoms with Gasteiger partial charge in [-0.1, -0.05) is 64.1 Å². The molecule has 3 aliphatic rings. The second-order valence-electron chi connectivity index (χ2n) is 11.5. The highest BCUT2D eigenvalue weighted by molar-refractivity contribution is 5.98. The van der Waals surface area contributed by atoms with Crippen molar-refractivity contribution in [1.82, 2.24) is 14.9 Å². The van der Waals surface area contributed by atoms with Gasteiger partial charge in [0.25, 0.3) is 0 Å². The molecule has 0 spiro atoms. The van der Waals surface area contributed by atoms with Crippen LogP contribution < -0.4 is 0 Å². The zero-order valence-corrected chi connectivity index (χ0v) is 20.2. The summed E-state index contributed by atoms with van der Waals surface area (Å²) in [6.07, 6.45) is 3.13. The van der Waals surface area contributed by atoms with Gasteiger partial charge in [0.15, 0.2) is 0 Å². The van der Waals surface area contributed by atoms with Crippen molar-refractivity contribution in [2.45, 2.75) is 57.8 Å². The minimum Gasteiger partial charge on any atom is -0.354 e. The highest BCUT2D eigenvalue weighted by Gasteiger charge is 2.44. The van der Waals surface area contributed by atoms with E-state index in [0.717, 1.165) is 19.3 Å². The Labute approximate surface area is 195 Å². The molecule has 3 heterocycles. The summed E-state index contributed by atoms with van der Waals surface area (Å²) in [6, 6.07) is 17.6. The van der Waals surface area contributed by atoms with Gasteiger partial charge in [0, 0.05) is 58.1 Å². The molecule has 7 rings (SSSR count). The largest absolute Gasteiger partial charge is 0.354 e. The van der Waals surface area contributed by atoms with E-state index in [1.165, 1.54) is 66.9 Å². The van der Waals surface area contributed by atoms with Crippen LogP contribution in [0.25, 0.3) is 33.0 Å². The second kappa shape index (κ2) is 6.02. The van der Waals surface area contributed by atoms with Crippen molar-refractivity contribution in [1.29, 1.82) is 0 Å². The van der Waals surface area contributed by atoms with Crippen molar-refractivity contribution >= 4 is 33.0 Å². The van der Waals surface area contributed by atoms with Crippen LogP contribution in [-0.4, -0.2) is 21.9 Å². The van der Waals surface area contributed by atoms with E-state index in [1.807, 2.05) is 0 Å². The first-order chi connectivity index (χ1) is 15.8. The first kappa shape index (κ1) is 19.3. The maximum atomic E-state index is 3.84. The Hall–Kier alpha value is -3.20. The predicted octanol–water partition coefficient (Wildman–Crippen LogP) is 7.47. The van der Waals surface area contributed by atoms with Crippen LogP contribution in [0.3, 0.4) is 0 Å². The van der Waals surface area contributed by atoms with Crippen molar-refractivity contribution < 1.29 is 0 Å². The Kier molecular flexibility index (Phi) is 3.52. The smallest absolute Gasteiger partial charge is 0.0482 e. The SMILES string of the molecule is CN1C2=C(CC3=C1CC(C)(C)c1c3[nH]c3ccccc13)c1[nH]c3ccccc3c1C(C)(C)C2. The molecule has 2 aromatic heterocycles. The number of nitrogens with zero attached hydrogens (tertiary/aromatic N) is 1. The van der Waals surface area contributed by atoms with Crippen LogP contribution in [0.4, 0.5) is 0 Å². The Balaban J connectivity index is 1.47. The van der Waals surface area contributed by atoms with Crippen LogP contribution in [0.5, 0.6) is 0 Å². The number of allylic oxidation sites excluding steroid dienone is 4. The molecule has 0 saturated heterocycles. The normalized spacial score (nSPS) is 20.7. The minimum atomic E-state index is 0.0938. The van der Waals surface area contributed by atoms with Gasteiger partial charge in [0.1, 0.15) is 0 Å². The monoisotopic (exact) mass is 433 g/mol. The second-order valence-corrected chi connectivity index (χ2v) is 11.5. The first-order valence-corrected chi connectivity index (χ1v) is 12.2. The van der Waals surface area contributed by atoms with Crippen LogP contribution in [0.1, 0.15) is 69.5 Å². The van der Waals surface area contributed by atoms with Crippen molar-refractivity contribution in [3.8, 4) is 0 Å². The number of H-pyrrole nitrogens is 2. The molecule has 2 N–H and O–H groups in total. The van der Waals surface area contributed by atoms with Crippen molar-refractivity contribution in [2.24, 2.45) is 0 Å². The number of nitrogens with one attached hydrogen (secondary N) is 2. The fourth-order valence-electron chi connectivity index (χ4n) is 7.02. The van der Waals surface area contributed by atoms with Crippen molar-refractivity contribution in [3.63, 3.8) is 0 Å². The molecule has 33 heavy (non-hydrogen) atoms. The molecule has 3 nitrogen and oxygen atoms in total. The van der Waals surface area contributed by atoms with Crippen molar-refractivity contribution in [2.75, 3.05) is 7.05 Å². The Bertz CT molecular complexity index is 1430. The van der Waals surface area contributed by atoms with Gasteiger partial charge in [-0.05, 0) is 58.1 Å². The van der Waals surface area contributed by atoms with Gasteiger partial charge >= 0.3 is 0 Å². The quantitative estimate of drug-likeness (QED) is 0.296. The molecule has 3 heteroatoms. The molecule has 1 aliphatic heterocycles. The lowest BCUT2D eigenvalue weighted by molar-refractivity contribution is 0.371. The van der Waals surface area contributed by atoms with Crippen molar-refractivity contribution in [3.05, 3.63) is 82.4 Å². The van der Waals surface area contributed by atoms with Crippen LogP contribution in [0.15, 0.2) is 59.9 Å². The van der Waals surface area contributed by atoms with Crippen LogP contribution in [-0.2, 0) is 10.8 Å². The van der Waals surface area contributed by atoms with Gasteiger partial charge in [-0.25, -0.2) is 0 Å². The molecule has 0 unspecified atom stereocenters. The molecule has 4 aromatic rings. The summed E-state index contributed by atoms with van der Waals surface area (Å²) >= 11 is 0. The fraction of sp³-hybridized carbons (Fsp3) is 0.333. The van der Waals surface area contributed by atoms with Gasteiger partial charge in [-0.15, -0.1) is 0 Å². The summed E-state index contributed by atoms with van der Waals surface area (Å²) in [4.78, 5) is 10.2. The maximum absolute atomic E-state index is 3.84. The Morgan fingerprint density at radius 2 is 1.09 bits per heavy atom. The summed E-state index contributed by atoms with van der Waals surface area (Å²) in [5, 5.41) is 2.75. The third-order valence-electron chi connectivity index (χ3n) is 8.45. The molecule has 0 bridgehead atoms. The van der Waals surface area contributed by atoms with Gasteiger partial charge in [0.05, 0.1) is 0 Å². The zero-order chi connectivity index (χ0) is 22.7. The topological polar surface area (TPSA) is 34.8 Å². The maximum Gasteiger partial charge on any atom is 0.0482 e. The Morgan fingerprint density at radius 1 is 0.667 bits per heavy atom. The minimum absolute atomic E-state index is 0.0938. The van der Waals surface area contributed by atoms with Gasteiger partial charge in [0.2, 0.25) is 0 Å². The summed E-state index contributed by atoms with van der Waals surface area (Å²) in [6.45, 7) is 9.64. The standard InChI is InChI=1S/C30H31N3/c1-29(2)15-23-19(27-25(29)17-10-6-8-12-21(17)31-27)14-20-24(33(23)5)16-30(3,4)26-18-11-7-9-13-22(18)32-28(20)26/h6-13,31-32H,14-16H2,1-5H3. The number of para-hydroxylation sites is 2. The average molecular weight is 434 g/mol. The number of hydrogen-bond acceptors (Lipinski definition) is 1. The molecule has 2 aliphatic carbocycles. The predicted molar refractivity (Wildman–Crippen MR) is 138 cm³/mol. The molecular weight excluding hydrogens is 402 g/mol.